The number of ketones is 1. The lowest BCUT2D eigenvalue weighted by atomic mass is 9.88. The molecule has 2 fully saturated rings. The molecule has 2 bridgehead atoms. The van der Waals surface area contributed by atoms with Gasteiger partial charge in [0.25, 0.3) is 0 Å². The Balaban J connectivity index is 1.45. The van der Waals surface area contributed by atoms with Crippen molar-refractivity contribution < 1.29 is 14.3 Å². The van der Waals surface area contributed by atoms with Gasteiger partial charge in [-0.15, -0.1) is 0 Å². The molecule has 1 aromatic carbocycles. The van der Waals surface area contributed by atoms with Gasteiger partial charge in [-0.2, -0.15) is 0 Å². The third kappa shape index (κ3) is 3.56. The van der Waals surface area contributed by atoms with Gasteiger partial charge in [0.05, 0.1) is 13.7 Å². The fourth-order valence-corrected chi connectivity index (χ4v) is 3.48. The summed E-state index contributed by atoms with van der Waals surface area (Å²) in [6.45, 7) is 0.450. The molecule has 21 heavy (non-hydrogen) atoms. The van der Waals surface area contributed by atoms with Gasteiger partial charge in [-0.25, -0.2) is 0 Å². The Morgan fingerprint density at radius 2 is 1.95 bits per heavy atom. The van der Waals surface area contributed by atoms with E-state index in [2.05, 4.69) is 5.32 Å². The maximum absolute atomic E-state index is 12.3. The summed E-state index contributed by atoms with van der Waals surface area (Å²) in [5.41, 5.74) is 0. The molecule has 2 heterocycles. The Hall–Kier alpha value is -1.55. The first-order chi connectivity index (χ1) is 10.2. The lowest BCUT2D eigenvalue weighted by Crippen LogP contribution is -2.40. The lowest BCUT2D eigenvalue weighted by Gasteiger charge is -2.28. The van der Waals surface area contributed by atoms with Gasteiger partial charge >= 0.3 is 0 Å². The van der Waals surface area contributed by atoms with Crippen molar-refractivity contribution >= 4 is 5.78 Å². The molecule has 0 amide bonds. The molecule has 4 nitrogen and oxygen atoms in total. The number of rotatable bonds is 6. The van der Waals surface area contributed by atoms with Crippen LogP contribution in [0.1, 0.15) is 32.1 Å². The predicted octanol–water partition coefficient (Wildman–Crippen LogP) is 2.56. The molecular weight excluding hydrogens is 266 g/mol. The highest BCUT2D eigenvalue weighted by atomic mass is 16.5. The molecule has 0 saturated carbocycles. The maximum atomic E-state index is 12.3. The molecule has 2 aliphatic rings. The van der Waals surface area contributed by atoms with Gasteiger partial charge in [0.2, 0.25) is 0 Å². The second-order valence-electron chi connectivity index (χ2n) is 6.05. The van der Waals surface area contributed by atoms with Gasteiger partial charge in [-0.1, -0.05) is 6.07 Å². The van der Waals surface area contributed by atoms with Gasteiger partial charge in [0.15, 0.2) is 0 Å². The van der Waals surface area contributed by atoms with Crippen LogP contribution in [-0.2, 0) is 4.79 Å². The fraction of sp³-hybridized carbons (Fsp3) is 0.588. The van der Waals surface area contributed by atoms with Crippen molar-refractivity contribution in [3.63, 3.8) is 0 Å². The Morgan fingerprint density at radius 1 is 1.24 bits per heavy atom. The molecule has 2 aliphatic heterocycles. The Morgan fingerprint density at radius 3 is 2.67 bits per heavy atom. The second-order valence-corrected chi connectivity index (χ2v) is 6.05. The van der Waals surface area contributed by atoms with E-state index < -0.39 is 0 Å². The van der Waals surface area contributed by atoms with Crippen LogP contribution in [0.15, 0.2) is 24.3 Å². The quantitative estimate of drug-likeness (QED) is 0.874. The summed E-state index contributed by atoms with van der Waals surface area (Å²) < 4.78 is 10.8. The normalized spacial score (nSPS) is 27.4. The molecule has 2 atom stereocenters. The van der Waals surface area contributed by atoms with Crippen LogP contribution < -0.4 is 14.8 Å². The van der Waals surface area contributed by atoms with Crippen LogP contribution >= 0.6 is 0 Å². The zero-order valence-electron chi connectivity index (χ0n) is 12.5. The Kier molecular flexibility index (Phi) is 4.44. The highest BCUT2D eigenvalue weighted by Crippen LogP contribution is 2.32. The molecular formula is C17H23NO3. The molecule has 2 saturated heterocycles. The topological polar surface area (TPSA) is 47.6 Å². The van der Waals surface area contributed by atoms with Crippen LogP contribution in [-0.4, -0.2) is 31.6 Å². The zero-order valence-corrected chi connectivity index (χ0v) is 12.5. The molecule has 0 spiro atoms. The highest BCUT2D eigenvalue weighted by Gasteiger charge is 2.36. The maximum Gasteiger partial charge on any atom is 0.139 e. The van der Waals surface area contributed by atoms with Crippen LogP contribution in [0.25, 0.3) is 0 Å². The van der Waals surface area contributed by atoms with Gasteiger partial charge in [0.1, 0.15) is 17.3 Å². The van der Waals surface area contributed by atoms with Crippen molar-refractivity contribution in [3.8, 4) is 11.5 Å². The summed E-state index contributed by atoms with van der Waals surface area (Å²) in [5, 5.41) is 3.57. The van der Waals surface area contributed by atoms with E-state index >= 15 is 0 Å². The predicted molar refractivity (Wildman–Crippen MR) is 80.8 cm³/mol. The average Bonchev–Trinajstić information content (AvgIpc) is 2.85. The summed E-state index contributed by atoms with van der Waals surface area (Å²) in [6, 6.07) is 8.63. The van der Waals surface area contributed by atoms with E-state index in [0.717, 1.165) is 24.3 Å². The van der Waals surface area contributed by atoms with Crippen LogP contribution in [0.4, 0.5) is 0 Å². The first kappa shape index (κ1) is 14.4. The highest BCUT2D eigenvalue weighted by molar-refractivity contribution is 5.81. The Labute approximate surface area is 125 Å². The first-order valence-electron chi connectivity index (χ1n) is 7.80. The van der Waals surface area contributed by atoms with E-state index in [1.807, 2.05) is 24.3 Å². The second kappa shape index (κ2) is 6.48. The molecule has 0 aliphatic carbocycles. The van der Waals surface area contributed by atoms with Crippen LogP contribution in [0.2, 0.25) is 0 Å². The van der Waals surface area contributed by atoms with Gasteiger partial charge in [-0.3, -0.25) is 4.79 Å². The van der Waals surface area contributed by atoms with E-state index in [1.54, 1.807) is 7.11 Å². The van der Waals surface area contributed by atoms with E-state index in [-0.39, 0.29) is 5.92 Å². The molecule has 1 aromatic rings. The number of fused-ring (bicyclic) bond motifs is 2. The molecule has 114 valence electrons. The van der Waals surface area contributed by atoms with Gasteiger partial charge in [0, 0.05) is 30.5 Å². The minimum atomic E-state index is 0.234. The number of hydrogen-bond acceptors (Lipinski definition) is 4. The van der Waals surface area contributed by atoms with Crippen molar-refractivity contribution in [1.82, 2.24) is 5.32 Å². The summed E-state index contributed by atoms with van der Waals surface area (Å²) >= 11 is 0. The van der Waals surface area contributed by atoms with Crippen molar-refractivity contribution in [3.05, 3.63) is 24.3 Å². The third-order valence-corrected chi connectivity index (χ3v) is 4.59. The number of benzene rings is 1. The standard InChI is InChI=1S/C17H23NO3/c1-20-15-3-2-4-16(11-15)21-8-7-17(19)12-9-13-5-6-14(10-12)18-13/h2-4,11-14,18H,5-10H2,1H3. The summed E-state index contributed by atoms with van der Waals surface area (Å²) in [6.07, 6.45) is 4.98. The molecule has 2 unspecified atom stereocenters. The van der Waals surface area contributed by atoms with Crippen molar-refractivity contribution in [2.75, 3.05) is 13.7 Å². The first-order valence-corrected chi connectivity index (χ1v) is 7.80. The lowest BCUT2D eigenvalue weighted by molar-refractivity contribution is -0.124. The van der Waals surface area contributed by atoms with E-state index in [0.29, 0.717) is 30.9 Å². The molecule has 3 rings (SSSR count). The van der Waals surface area contributed by atoms with Gasteiger partial charge < -0.3 is 14.8 Å². The zero-order chi connectivity index (χ0) is 14.7. The summed E-state index contributed by atoms with van der Waals surface area (Å²) in [4.78, 5) is 12.3. The van der Waals surface area contributed by atoms with Crippen LogP contribution in [0.5, 0.6) is 11.5 Å². The third-order valence-electron chi connectivity index (χ3n) is 4.59. The number of hydrogen-bond donors (Lipinski definition) is 1. The number of methoxy groups -OCH3 is 1. The number of carbonyl (C=O) groups is 1. The molecule has 1 N–H and O–H groups in total. The van der Waals surface area contributed by atoms with E-state index in [9.17, 15) is 4.79 Å². The van der Waals surface area contributed by atoms with Crippen molar-refractivity contribution in [2.45, 2.75) is 44.2 Å². The van der Waals surface area contributed by atoms with E-state index in [1.165, 1.54) is 12.8 Å². The number of ether oxygens (including phenoxy) is 2. The minimum Gasteiger partial charge on any atom is -0.497 e. The van der Waals surface area contributed by atoms with Crippen LogP contribution in [0, 0.1) is 5.92 Å². The molecule has 0 aromatic heterocycles. The Bertz CT molecular complexity index is 491. The summed E-state index contributed by atoms with van der Waals surface area (Å²) in [7, 11) is 1.63. The van der Waals surface area contributed by atoms with Crippen molar-refractivity contribution in [1.29, 1.82) is 0 Å². The SMILES string of the molecule is COc1cccc(OCCC(=O)C2CC3CCC(C2)N3)c1. The van der Waals surface area contributed by atoms with Crippen molar-refractivity contribution in [2.24, 2.45) is 5.92 Å². The number of Topliss-reactive ketones (excluding diaryl/α,β-unsaturated/α-hetero) is 1. The fourth-order valence-electron chi connectivity index (χ4n) is 3.48. The monoisotopic (exact) mass is 289 g/mol. The minimum absolute atomic E-state index is 0.234. The molecule has 4 heteroatoms. The van der Waals surface area contributed by atoms with Crippen LogP contribution in [0.3, 0.4) is 0 Å². The largest absolute Gasteiger partial charge is 0.497 e. The number of piperidine rings is 1. The number of nitrogens with one attached hydrogen (secondary N) is 1. The van der Waals surface area contributed by atoms with E-state index in [4.69, 9.17) is 9.47 Å². The molecule has 0 radical (unpaired) electrons. The smallest absolute Gasteiger partial charge is 0.139 e. The number of carbonyl (C=O) groups excluding carboxylic acids is 1. The average molecular weight is 289 g/mol. The van der Waals surface area contributed by atoms with Gasteiger partial charge in [-0.05, 0) is 37.8 Å². The summed E-state index contributed by atoms with van der Waals surface area (Å²) in [5.74, 6) is 2.12.